The minimum Gasteiger partial charge on any atom is -0.493 e. The molecule has 96 valence electrons. The Morgan fingerprint density at radius 3 is 2.68 bits per heavy atom. The maximum Gasteiger partial charge on any atom is 0.161 e. The van der Waals surface area contributed by atoms with Crippen LogP contribution in [0.5, 0.6) is 11.5 Å². The number of nitrogens with zero attached hydrogens (tertiary/aromatic N) is 2. The molecule has 0 aliphatic rings. The largest absolute Gasteiger partial charge is 0.493 e. The van der Waals surface area contributed by atoms with Crippen molar-refractivity contribution in [2.45, 2.75) is 0 Å². The van der Waals surface area contributed by atoms with Crippen LogP contribution in [-0.4, -0.2) is 23.6 Å². The summed E-state index contributed by atoms with van der Waals surface area (Å²) in [5.41, 5.74) is 3.25. The van der Waals surface area contributed by atoms with Crippen molar-refractivity contribution in [1.82, 2.24) is 9.38 Å². The average molecular weight is 254 g/mol. The van der Waals surface area contributed by atoms with E-state index in [-0.39, 0.29) is 0 Å². The first-order valence-electron chi connectivity index (χ1n) is 5.96. The monoisotopic (exact) mass is 254 g/mol. The Bertz CT molecular complexity index is 719. The predicted molar refractivity (Wildman–Crippen MR) is 73.7 cm³/mol. The minimum absolute atomic E-state index is 0.724. The Labute approximate surface area is 111 Å². The van der Waals surface area contributed by atoms with E-state index in [9.17, 15) is 0 Å². The van der Waals surface area contributed by atoms with Gasteiger partial charge in [0.05, 0.1) is 32.3 Å². The predicted octanol–water partition coefficient (Wildman–Crippen LogP) is 3.02. The lowest BCUT2D eigenvalue weighted by molar-refractivity contribution is 0.355. The van der Waals surface area contributed by atoms with Gasteiger partial charge in [-0.3, -0.25) is 0 Å². The molecule has 4 nitrogen and oxygen atoms in total. The van der Waals surface area contributed by atoms with Gasteiger partial charge in [0.25, 0.3) is 0 Å². The van der Waals surface area contributed by atoms with Crippen molar-refractivity contribution in [3.63, 3.8) is 0 Å². The van der Waals surface area contributed by atoms with Crippen LogP contribution in [-0.2, 0) is 0 Å². The standard InChI is InChI=1S/C15H14N2O2/c1-18-14-6-5-11(8-15(14)19-2)12-4-3-7-17-10-16-9-13(12)17/h3-10H,1-2H3. The van der Waals surface area contributed by atoms with Gasteiger partial charge in [-0.05, 0) is 23.8 Å². The third-order valence-corrected chi connectivity index (χ3v) is 3.15. The second-order valence-electron chi connectivity index (χ2n) is 4.18. The summed E-state index contributed by atoms with van der Waals surface area (Å²) in [6, 6.07) is 9.97. The number of pyridine rings is 1. The lowest BCUT2D eigenvalue weighted by Gasteiger charge is -2.10. The molecule has 19 heavy (non-hydrogen) atoms. The SMILES string of the molecule is COc1ccc(-c2cccn3cncc23)cc1OC. The first-order chi connectivity index (χ1) is 9.33. The number of imidazole rings is 1. The van der Waals surface area contributed by atoms with Crippen molar-refractivity contribution >= 4 is 5.52 Å². The van der Waals surface area contributed by atoms with Gasteiger partial charge >= 0.3 is 0 Å². The maximum atomic E-state index is 5.34. The van der Waals surface area contributed by atoms with Crippen LogP contribution in [0.4, 0.5) is 0 Å². The van der Waals surface area contributed by atoms with Crippen molar-refractivity contribution in [2.24, 2.45) is 0 Å². The van der Waals surface area contributed by atoms with Gasteiger partial charge in [0.15, 0.2) is 11.5 Å². The fraction of sp³-hybridized carbons (Fsp3) is 0.133. The molecule has 2 heterocycles. The highest BCUT2D eigenvalue weighted by molar-refractivity contribution is 5.81. The fourth-order valence-electron chi connectivity index (χ4n) is 2.20. The Hall–Kier alpha value is -2.49. The molecule has 0 fully saturated rings. The fourth-order valence-corrected chi connectivity index (χ4v) is 2.20. The average Bonchev–Trinajstić information content (AvgIpc) is 2.94. The van der Waals surface area contributed by atoms with Crippen molar-refractivity contribution < 1.29 is 9.47 Å². The Kier molecular flexibility index (Phi) is 2.83. The first-order valence-corrected chi connectivity index (χ1v) is 5.96. The number of aromatic nitrogens is 2. The normalized spacial score (nSPS) is 10.6. The van der Waals surface area contributed by atoms with Crippen molar-refractivity contribution in [2.75, 3.05) is 14.2 Å². The lowest BCUT2D eigenvalue weighted by Crippen LogP contribution is -1.91. The minimum atomic E-state index is 0.724. The van der Waals surface area contributed by atoms with Gasteiger partial charge in [-0.25, -0.2) is 4.98 Å². The Balaban J connectivity index is 2.19. The van der Waals surface area contributed by atoms with E-state index in [4.69, 9.17) is 9.47 Å². The molecule has 4 heteroatoms. The van der Waals surface area contributed by atoms with Gasteiger partial charge in [-0.2, -0.15) is 0 Å². The second kappa shape index (κ2) is 4.65. The summed E-state index contributed by atoms with van der Waals surface area (Å²) in [5, 5.41) is 0. The van der Waals surface area contributed by atoms with Crippen LogP contribution >= 0.6 is 0 Å². The molecule has 0 unspecified atom stereocenters. The highest BCUT2D eigenvalue weighted by Crippen LogP contribution is 2.33. The highest BCUT2D eigenvalue weighted by Gasteiger charge is 2.08. The van der Waals surface area contributed by atoms with E-state index in [0.717, 1.165) is 28.1 Å². The zero-order valence-electron chi connectivity index (χ0n) is 10.8. The number of hydrogen-bond acceptors (Lipinski definition) is 3. The lowest BCUT2D eigenvalue weighted by atomic mass is 10.1. The van der Waals surface area contributed by atoms with Gasteiger partial charge in [0.1, 0.15) is 0 Å². The molecule has 0 amide bonds. The molecular formula is C15H14N2O2. The highest BCUT2D eigenvalue weighted by atomic mass is 16.5. The van der Waals surface area contributed by atoms with E-state index in [2.05, 4.69) is 11.1 Å². The summed E-state index contributed by atoms with van der Waals surface area (Å²) in [4.78, 5) is 4.17. The third kappa shape index (κ3) is 1.91. The van der Waals surface area contributed by atoms with Crippen molar-refractivity contribution in [3.8, 4) is 22.6 Å². The van der Waals surface area contributed by atoms with Crippen LogP contribution < -0.4 is 9.47 Å². The molecule has 0 N–H and O–H groups in total. The second-order valence-corrected chi connectivity index (χ2v) is 4.18. The van der Waals surface area contributed by atoms with Crippen molar-refractivity contribution in [3.05, 3.63) is 49.1 Å². The molecule has 0 spiro atoms. The third-order valence-electron chi connectivity index (χ3n) is 3.15. The zero-order valence-corrected chi connectivity index (χ0v) is 10.8. The van der Waals surface area contributed by atoms with E-state index < -0.39 is 0 Å². The Morgan fingerprint density at radius 2 is 1.89 bits per heavy atom. The topological polar surface area (TPSA) is 35.8 Å². The molecule has 0 aliphatic carbocycles. The number of fused-ring (bicyclic) bond motifs is 1. The van der Waals surface area contributed by atoms with Crippen LogP contribution in [0.1, 0.15) is 0 Å². The molecule has 3 aromatic rings. The number of ether oxygens (including phenoxy) is 2. The zero-order chi connectivity index (χ0) is 13.2. The molecule has 2 aromatic heterocycles. The van der Waals surface area contributed by atoms with Crippen LogP contribution in [0.25, 0.3) is 16.6 Å². The smallest absolute Gasteiger partial charge is 0.161 e. The molecule has 0 saturated heterocycles. The molecule has 0 aliphatic heterocycles. The van der Waals surface area contributed by atoms with Gasteiger partial charge in [-0.1, -0.05) is 12.1 Å². The summed E-state index contributed by atoms with van der Waals surface area (Å²) in [5.74, 6) is 1.45. The first kappa shape index (κ1) is 11.6. The Morgan fingerprint density at radius 1 is 1.05 bits per heavy atom. The molecule has 0 radical (unpaired) electrons. The molecule has 0 atom stereocenters. The molecule has 0 bridgehead atoms. The van der Waals surface area contributed by atoms with Crippen LogP contribution in [0.3, 0.4) is 0 Å². The van der Waals surface area contributed by atoms with E-state index in [0.29, 0.717) is 0 Å². The van der Waals surface area contributed by atoms with Gasteiger partial charge in [0.2, 0.25) is 0 Å². The summed E-state index contributed by atoms with van der Waals surface area (Å²) in [7, 11) is 3.27. The molecule has 3 rings (SSSR count). The van der Waals surface area contributed by atoms with Gasteiger partial charge < -0.3 is 13.9 Å². The number of hydrogen-bond donors (Lipinski definition) is 0. The molecule has 0 saturated carbocycles. The number of methoxy groups -OCH3 is 2. The quantitative estimate of drug-likeness (QED) is 0.720. The number of benzene rings is 1. The maximum absolute atomic E-state index is 5.34. The van der Waals surface area contributed by atoms with Crippen LogP contribution in [0, 0.1) is 0 Å². The van der Waals surface area contributed by atoms with E-state index in [1.54, 1.807) is 20.5 Å². The summed E-state index contributed by atoms with van der Waals surface area (Å²) >= 11 is 0. The van der Waals surface area contributed by atoms with E-state index >= 15 is 0 Å². The number of rotatable bonds is 3. The summed E-state index contributed by atoms with van der Waals surface area (Å²) in [6.45, 7) is 0. The van der Waals surface area contributed by atoms with E-state index in [1.807, 2.05) is 41.1 Å². The molecular weight excluding hydrogens is 240 g/mol. The van der Waals surface area contributed by atoms with Crippen LogP contribution in [0.15, 0.2) is 49.1 Å². The summed E-state index contributed by atoms with van der Waals surface area (Å²) < 4.78 is 12.6. The van der Waals surface area contributed by atoms with Crippen molar-refractivity contribution in [1.29, 1.82) is 0 Å². The van der Waals surface area contributed by atoms with Gasteiger partial charge in [0, 0.05) is 11.8 Å². The van der Waals surface area contributed by atoms with Gasteiger partial charge in [-0.15, -0.1) is 0 Å². The van der Waals surface area contributed by atoms with E-state index in [1.165, 1.54) is 0 Å². The summed E-state index contributed by atoms with van der Waals surface area (Å²) in [6.07, 6.45) is 5.62. The van der Waals surface area contributed by atoms with Crippen LogP contribution in [0.2, 0.25) is 0 Å². The molecule has 1 aromatic carbocycles.